The molecule has 0 fully saturated rings. The molecule has 0 spiro atoms. The summed E-state index contributed by atoms with van der Waals surface area (Å²) in [5, 5.41) is 0. The Bertz CT molecular complexity index is 190. The lowest BCUT2D eigenvalue weighted by molar-refractivity contribution is 0.112. The fourth-order valence-corrected chi connectivity index (χ4v) is 1.07. The standard InChI is InChI=1S/C6H13ClO4S/c1-10-3-2-4-11-5-6-12(7,8)9/h2-6H2,1H3. The van der Waals surface area contributed by atoms with Crippen LogP contribution in [-0.2, 0) is 18.5 Å². The van der Waals surface area contributed by atoms with Crippen LogP contribution in [0.25, 0.3) is 0 Å². The van der Waals surface area contributed by atoms with Gasteiger partial charge in [-0.15, -0.1) is 0 Å². The maximum Gasteiger partial charge on any atom is 0.234 e. The highest BCUT2D eigenvalue weighted by Crippen LogP contribution is 1.95. The first-order chi connectivity index (χ1) is 5.56. The predicted octanol–water partition coefficient (Wildman–Crippen LogP) is 0.608. The van der Waals surface area contributed by atoms with Crippen LogP contribution in [0.3, 0.4) is 0 Å². The molecule has 0 saturated carbocycles. The normalized spacial score (nSPS) is 11.8. The fourth-order valence-electron chi connectivity index (χ4n) is 0.566. The molecule has 0 aliphatic rings. The Hall–Kier alpha value is 0.160. The van der Waals surface area contributed by atoms with E-state index < -0.39 is 9.05 Å². The number of hydrogen-bond acceptors (Lipinski definition) is 4. The van der Waals surface area contributed by atoms with Crippen molar-refractivity contribution in [2.75, 3.05) is 32.7 Å². The molecule has 0 unspecified atom stereocenters. The van der Waals surface area contributed by atoms with Gasteiger partial charge in [0.15, 0.2) is 0 Å². The summed E-state index contributed by atoms with van der Waals surface area (Å²) in [6.45, 7) is 1.27. The van der Waals surface area contributed by atoms with Crippen LogP contribution in [0.4, 0.5) is 0 Å². The van der Waals surface area contributed by atoms with Crippen molar-refractivity contribution in [3.05, 3.63) is 0 Å². The molecule has 0 aliphatic heterocycles. The number of halogens is 1. The van der Waals surface area contributed by atoms with Gasteiger partial charge in [-0.3, -0.25) is 0 Å². The SMILES string of the molecule is COCCCOCCS(=O)(=O)Cl. The average molecular weight is 217 g/mol. The fraction of sp³-hybridized carbons (Fsp3) is 1.00. The van der Waals surface area contributed by atoms with Crippen LogP contribution in [0.15, 0.2) is 0 Å². The van der Waals surface area contributed by atoms with Gasteiger partial charge in [-0.25, -0.2) is 8.42 Å². The van der Waals surface area contributed by atoms with Crippen LogP contribution < -0.4 is 0 Å². The summed E-state index contributed by atoms with van der Waals surface area (Å²) in [5.41, 5.74) is 0. The molecule has 4 nitrogen and oxygen atoms in total. The Kier molecular flexibility index (Phi) is 6.74. The highest BCUT2D eigenvalue weighted by molar-refractivity contribution is 8.13. The van der Waals surface area contributed by atoms with Gasteiger partial charge < -0.3 is 9.47 Å². The van der Waals surface area contributed by atoms with Crippen molar-refractivity contribution >= 4 is 19.7 Å². The molecule has 0 radical (unpaired) electrons. The minimum Gasteiger partial charge on any atom is -0.385 e. The van der Waals surface area contributed by atoms with E-state index >= 15 is 0 Å². The summed E-state index contributed by atoms with van der Waals surface area (Å²) in [7, 11) is 3.14. The Morgan fingerprint density at radius 1 is 1.25 bits per heavy atom. The summed E-state index contributed by atoms with van der Waals surface area (Å²) in [6.07, 6.45) is 0.763. The lowest BCUT2D eigenvalue weighted by Gasteiger charge is -2.01. The summed E-state index contributed by atoms with van der Waals surface area (Å²) >= 11 is 0. The highest BCUT2D eigenvalue weighted by Gasteiger charge is 2.03. The maximum absolute atomic E-state index is 10.4. The minimum atomic E-state index is -3.40. The first-order valence-electron chi connectivity index (χ1n) is 3.55. The molecule has 0 bridgehead atoms. The number of hydrogen-bond donors (Lipinski definition) is 0. The van der Waals surface area contributed by atoms with E-state index in [1.807, 2.05) is 0 Å². The second kappa shape index (κ2) is 6.65. The third kappa shape index (κ3) is 10.2. The van der Waals surface area contributed by atoms with Crippen molar-refractivity contribution in [3.63, 3.8) is 0 Å². The Morgan fingerprint density at radius 3 is 2.42 bits per heavy atom. The van der Waals surface area contributed by atoms with Crippen LogP contribution >= 0.6 is 10.7 Å². The van der Waals surface area contributed by atoms with Gasteiger partial charge in [0.2, 0.25) is 9.05 Å². The van der Waals surface area contributed by atoms with E-state index in [0.717, 1.165) is 6.42 Å². The molecule has 0 atom stereocenters. The number of rotatable bonds is 7. The molecule has 0 heterocycles. The molecular weight excluding hydrogens is 204 g/mol. The molecule has 0 aromatic rings. The second-order valence-corrected chi connectivity index (χ2v) is 5.10. The first kappa shape index (κ1) is 12.2. The maximum atomic E-state index is 10.4. The summed E-state index contributed by atoms with van der Waals surface area (Å²) < 4.78 is 30.5. The quantitative estimate of drug-likeness (QED) is 0.462. The van der Waals surface area contributed by atoms with Crippen molar-refractivity contribution in [1.29, 1.82) is 0 Å². The topological polar surface area (TPSA) is 52.6 Å². The van der Waals surface area contributed by atoms with Crippen LogP contribution in [0.1, 0.15) is 6.42 Å². The summed E-state index contributed by atoms with van der Waals surface area (Å²) in [6, 6.07) is 0. The third-order valence-electron chi connectivity index (χ3n) is 1.11. The Balaban J connectivity index is 3.12. The van der Waals surface area contributed by atoms with E-state index in [-0.39, 0.29) is 12.4 Å². The zero-order chi connectivity index (χ0) is 9.45. The van der Waals surface area contributed by atoms with Gasteiger partial charge in [-0.1, -0.05) is 0 Å². The van der Waals surface area contributed by atoms with Crippen molar-refractivity contribution in [2.24, 2.45) is 0 Å². The van der Waals surface area contributed by atoms with Crippen LogP contribution in [0.5, 0.6) is 0 Å². The average Bonchev–Trinajstić information content (AvgIpc) is 1.94. The van der Waals surface area contributed by atoms with E-state index in [0.29, 0.717) is 13.2 Å². The van der Waals surface area contributed by atoms with E-state index in [1.54, 1.807) is 7.11 Å². The molecule has 0 N–H and O–H groups in total. The first-order valence-corrected chi connectivity index (χ1v) is 6.03. The molecule has 12 heavy (non-hydrogen) atoms. The van der Waals surface area contributed by atoms with Crippen molar-refractivity contribution in [3.8, 4) is 0 Å². The molecular formula is C6H13ClO4S. The van der Waals surface area contributed by atoms with Gasteiger partial charge in [-0.2, -0.15) is 0 Å². The molecule has 0 saturated heterocycles. The van der Waals surface area contributed by atoms with E-state index in [4.69, 9.17) is 20.2 Å². The third-order valence-corrected chi connectivity index (χ3v) is 2.23. The van der Waals surface area contributed by atoms with E-state index in [1.165, 1.54) is 0 Å². The van der Waals surface area contributed by atoms with Crippen molar-refractivity contribution in [2.45, 2.75) is 6.42 Å². The monoisotopic (exact) mass is 216 g/mol. The van der Waals surface area contributed by atoms with E-state index in [2.05, 4.69) is 0 Å². The van der Waals surface area contributed by atoms with Gasteiger partial charge in [0, 0.05) is 31.0 Å². The minimum absolute atomic E-state index is 0.137. The van der Waals surface area contributed by atoms with Gasteiger partial charge in [0.1, 0.15) is 0 Å². The van der Waals surface area contributed by atoms with Crippen LogP contribution in [0, 0.1) is 0 Å². The molecule has 6 heteroatoms. The van der Waals surface area contributed by atoms with Crippen LogP contribution in [0.2, 0.25) is 0 Å². The molecule has 0 amide bonds. The number of methoxy groups -OCH3 is 1. The smallest absolute Gasteiger partial charge is 0.234 e. The largest absolute Gasteiger partial charge is 0.385 e. The number of ether oxygens (including phenoxy) is 2. The van der Waals surface area contributed by atoms with Crippen molar-refractivity contribution < 1.29 is 17.9 Å². The van der Waals surface area contributed by atoms with Crippen molar-refractivity contribution in [1.82, 2.24) is 0 Å². The molecule has 0 aliphatic carbocycles. The zero-order valence-corrected chi connectivity index (χ0v) is 8.53. The van der Waals surface area contributed by atoms with E-state index in [9.17, 15) is 8.42 Å². The molecule has 0 aromatic heterocycles. The summed E-state index contributed by atoms with van der Waals surface area (Å²) in [5.74, 6) is -0.137. The second-order valence-electron chi connectivity index (χ2n) is 2.20. The lowest BCUT2D eigenvalue weighted by Crippen LogP contribution is -2.08. The van der Waals surface area contributed by atoms with Crippen LogP contribution in [-0.4, -0.2) is 41.1 Å². The Morgan fingerprint density at radius 2 is 1.92 bits per heavy atom. The molecule has 74 valence electrons. The highest BCUT2D eigenvalue weighted by atomic mass is 35.7. The lowest BCUT2D eigenvalue weighted by atomic mass is 10.5. The summed E-state index contributed by atoms with van der Waals surface area (Å²) in [4.78, 5) is 0. The van der Waals surface area contributed by atoms with Gasteiger partial charge in [0.05, 0.1) is 12.4 Å². The predicted molar refractivity (Wildman–Crippen MR) is 47.0 cm³/mol. The zero-order valence-electron chi connectivity index (χ0n) is 6.95. The van der Waals surface area contributed by atoms with Gasteiger partial charge in [0.25, 0.3) is 0 Å². The van der Waals surface area contributed by atoms with Gasteiger partial charge >= 0.3 is 0 Å². The molecule has 0 aromatic carbocycles. The van der Waals surface area contributed by atoms with Gasteiger partial charge in [-0.05, 0) is 6.42 Å². The Labute approximate surface area is 77.2 Å². The molecule has 0 rings (SSSR count).